The normalized spacial score (nSPS) is 14.8. The summed E-state index contributed by atoms with van der Waals surface area (Å²) in [7, 11) is 0. The van der Waals surface area contributed by atoms with Crippen molar-refractivity contribution in [3.8, 4) is 17.6 Å². The summed E-state index contributed by atoms with van der Waals surface area (Å²) >= 11 is 0. The topological polar surface area (TPSA) is 82.4 Å². The summed E-state index contributed by atoms with van der Waals surface area (Å²) in [5, 5.41) is 22.5. The standard InChI is InChI=1S/C20H24N2O3/c1-3-7-15-10-14(12-18(19(15)23)25-4-2)11-16(13-21)20(24)22-17-8-5-6-9-17/h3,10-12,17,23H,1,4-9H2,2H3,(H,22,24). The number of phenols is 1. The van der Waals surface area contributed by atoms with Crippen LogP contribution in [0.4, 0.5) is 0 Å². The van der Waals surface area contributed by atoms with Crippen LogP contribution in [0.2, 0.25) is 0 Å². The van der Waals surface area contributed by atoms with Gasteiger partial charge in [0, 0.05) is 11.6 Å². The van der Waals surface area contributed by atoms with Crippen LogP contribution >= 0.6 is 0 Å². The van der Waals surface area contributed by atoms with Gasteiger partial charge in [-0.2, -0.15) is 5.26 Å². The molecule has 1 aliphatic carbocycles. The van der Waals surface area contributed by atoms with E-state index in [0.717, 1.165) is 25.7 Å². The number of carbonyl (C=O) groups is 1. The molecule has 0 atom stereocenters. The number of aromatic hydroxyl groups is 1. The van der Waals surface area contributed by atoms with Crippen LogP contribution in [0.1, 0.15) is 43.7 Å². The number of nitriles is 1. The van der Waals surface area contributed by atoms with Gasteiger partial charge < -0.3 is 15.2 Å². The second kappa shape index (κ2) is 8.93. The summed E-state index contributed by atoms with van der Waals surface area (Å²) in [6.07, 6.45) is 7.80. The molecule has 1 amide bonds. The van der Waals surface area contributed by atoms with Gasteiger partial charge in [-0.15, -0.1) is 6.58 Å². The maximum atomic E-state index is 12.3. The first kappa shape index (κ1) is 18.6. The van der Waals surface area contributed by atoms with Gasteiger partial charge in [-0.3, -0.25) is 4.79 Å². The molecule has 0 heterocycles. The van der Waals surface area contributed by atoms with Crippen molar-refractivity contribution in [3.63, 3.8) is 0 Å². The Morgan fingerprint density at radius 2 is 2.20 bits per heavy atom. The van der Waals surface area contributed by atoms with Crippen LogP contribution in [0.5, 0.6) is 11.5 Å². The molecule has 0 bridgehead atoms. The molecule has 5 heteroatoms. The number of rotatable bonds is 7. The monoisotopic (exact) mass is 340 g/mol. The Balaban J connectivity index is 2.30. The van der Waals surface area contributed by atoms with Crippen molar-refractivity contribution in [1.82, 2.24) is 5.32 Å². The molecule has 0 unspecified atom stereocenters. The molecular weight excluding hydrogens is 316 g/mol. The van der Waals surface area contributed by atoms with Gasteiger partial charge in [0.2, 0.25) is 0 Å². The van der Waals surface area contributed by atoms with E-state index >= 15 is 0 Å². The minimum atomic E-state index is -0.356. The fourth-order valence-electron chi connectivity index (χ4n) is 3.00. The summed E-state index contributed by atoms with van der Waals surface area (Å²) in [5.41, 5.74) is 1.32. The van der Waals surface area contributed by atoms with Crippen LogP contribution in [0.25, 0.3) is 6.08 Å². The van der Waals surface area contributed by atoms with Gasteiger partial charge in [-0.05, 0) is 50.0 Å². The average Bonchev–Trinajstić information content (AvgIpc) is 3.09. The number of carbonyl (C=O) groups excluding carboxylic acids is 1. The van der Waals surface area contributed by atoms with Crippen LogP contribution < -0.4 is 10.1 Å². The molecule has 0 aromatic heterocycles. The highest BCUT2D eigenvalue weighted by molar-refractivity contribution is 6.01. The van der Waals surface area contributed by atoms with Crippen LogP contribution in [0.15, 0.2) is 30.4 Å². The number of amides is 1. The molecule has 0 saturated heterocycles. The Morgan fingerprint density at radius 1 is 1.48 bits per heavy atom. The van der Waals surface area contributed by atoms with Crippen molar-refractivity contribution in [2.24, 2.45) is 0 Å². The van der Waals surface area contributed by atoms with E-state index in [0.29, 0.717) is 29.9 Å². The van der Waals surface area contributed by atoms with Crippen molar-refractivity contribution in [2.45, 2.75) is 45.1 Å². The lowest BCUT2D eigenvalue weighted by molar-refractivity contribution is -0.117. The minimum absolute atomic E-state index is 0.0459. The molecule has 0 aliphatic heterocycles. The number of allylic oxidation sites excluding steroid dienone is 1. The number of hydrogen-bond acceptors (Lipinski definition) is 4. The smallest absolute Gasteiger partial charge is 0.262 e. The summed E-state index contributed by atoms with van der Waals surface area (Å²) in [6.45, 7) is 5.91. The number of ether oxygens (including phenoxy) is 1. The third-order valence-corrected chi connectivity index (χ3v) is 4.21. The molecule has 132 valence electrons. The van der Waals surface area contributed by atoms with E-state index in [4.69, 9.17) is 4.74 Å². The molecule has 2 rings (SSSR count). The zero-order valence-corrected chi connectivity index (χ0v) is 14.5. The quantitative estimate of drug-likeness (QED) is 0.452. The van der Waals surface area contributed by atoms with Gasteiger partial charge in [-0.1, -0.05) is 18.9 Å². The lowest BCUT2D eigenvalue weighted by Gasteiger charge is -2.12. The van der Waals surface area contributed by atoms with E-state index < -0.39 is 0 Å². The van der Waals surface area contributed by atoms with Crippen molar-refractivity contribution < 1.29 is 14.6 Å². The van der Waals surface area contributed by atoms with Crippen LogP contribution in [-0.2, 0) is 11.2 Å². The first-order chi connectivity index (χ1) is 12.1. The Hall–Kier alpha value is -2.74. The molecule has 1 aliphatic rings. The third-order valence-electron chi connectivity index (χ3n) is 4.21. The predicted molar refractivity (Wildman–Crippen MR) is 97.2 cm³/mol. The number of phenolic OH excluding ortho intramolecular Hbond substituents is 1. The van der Waals surface area contributed by atoms with E-state index in [9.17, 15) is 15.2 Å². The summed E-state index contributed by atoms with van der Waals surface area (Å²) in [5.74, 6) is 0.0418. The molecule has 25 heavy (non-hydrogen) atoms. The van der Waals surface area contributed by atoms with Gasteiger partial charge in [0.1, 0.15) is 11.6 Å². The summed E-state index contributed by atoms with van der Waals surface area (Å²) in [4.78, 5) is 12.3. The fraction of sp³-hybridized carbons (Fsp3) is 0.400. The molecule has 0 spiro atoms. The molecule has 1 saturated carbocycles. The second-order valence-corrected chi connectivity index (χ2v) is 6.08. The highest BCUT2D eigenvalue weighted by atomic mass is 16.5. The van der Waals surface area contributed by atoms with Crippen LogP contribution in [0.3, 0.4) is 0 Å². The lowest BCUT2D eigenvalue weighted by atomic mass is 10.0. The number of hydrogen-bond donors (Lipinski definition) is 2. The molecule has 1 fully saturated rings. The maximum Gasteiger partial charge on any atom is 0.262 e. The second-order valence-electron chi connectivity index (χ2n) is 6.08. The van der Waals surface area contributed by atoms with E-state index in [2.05, 4.69) is 11.9 Å². The van der Waals surface area contributed by atoms with Gasteiger partial charge in [0.05, 0.1) is 6.61 Å². The molecule has 1 aromatic rings. The minimum Gasteiger partial charge on any atom is -0.504 e. The van der Waals surface area contributed by atoms with E-state index in [1.54, 1.807) is 18.2 Å². The van der Waals surface area contributed by atoms with E-state index in [-0.39, 0.29) is 23.3 Å². The van der Waals surface area contributed by atoms with Crippen LogP contribution in [-0.4, -0.2) is 23.7 Å². The number of nitrogens with zero attached hydrogens (tertiary/aromatic N) is 1. The van der Waals surface area contributed by atoms with Crippen LogP contribution in [0, 0.1) is 11.3 Å². The first-order valence-electron chi connectivity index (χ1n) is 8.61. The van der Waals surface area contributed by atoms with Gasteiger partial charge >= 0.3 is 0 Å². The molecule has 1 aromatic carbocycles. The van der Waals surface area contributed by atoms with Crippen molar-refractivity contribution in [2.75, 3.05) is 6.61 Å². The fourth-order valence-corrected chi connectivity index (χ4v) is 3.00. The largest absolute Gasteiger partial charge is 0.504 e. The van der Waals surface area contributed by atoms with Gasteiger partial charge in [-0.25, -0.2) is 0 Å². The molecule has 5 nitrogen and oxygen atoms in total. The first-order valence-corrected chi connectivity index (χ1v) is 8.61. The third kappa shape index (κ3) is 4.87. The van der Waals surface area contributed by atoms with Crippen molar-refractivity contribution in [3.05, 3.63) is 41.5 Å². The van der Waals surface area contributed by atoms with Crippen molar-refractivity contribution in [1.29, 1.82) is 5.26 Å². The van der Waals surface area contributed by atoms with Gasteiger partial charge in [0.25, 0.3) is 5.91 Å². The number of nitrogens with one attached hydrogen (secondary N) is 1. The lowest BCUT2D eigenvalue weighted by Crippen LogP contribution is -2.33. The SMILES string of the molecule is C=CCc1cc(C=C(C#N)C(=O)NC2CCCC2)cc(OCC)c1O. The summed E-state index contributed by atoms with van der Waals surface area (Å²) < 4.78 is 5.45. The van der Waals surface area contributed by atoms with E-state index in [1.165, 1.54) is 6.08 Å². The molecule has 0 radical (unpaired) electrons. The highest BCUT2D eigenvalue weighted by Gasteiger charge is 2.19. The Bertz CT molecular complexity index is 710. The Kier molecular flexibility index (Phi) is 6.64. The Morgan fingerprint density at radius 3 is 2.80 bits per heavy atom. The predicted octanol–water partition coefficient (Wildman–Crippen LogP) is 3.49. The highest BCUT2D eigenvalue weighted by Crippen LogP contribution is 2.33. The summed E-state index contributed by atoms with van der Waals surface area (Å²) in [6, 6.07) is 5.49. The maximum absolute atomic E-state index is 12.3. The van der Waals surface area contributed by atoms with E-state index in [1.807, 2.05) is 13.0 Å². The zero-order valence-electron chi connectivity index (χ0n) is 14.5. The molecular formula is C20H24N2O3. The molecule has 2 N–H and O–H groups in total. The van der Waals surface area contributed by atoms with Gasteiger partial charge in [0.15, 0.2) is 11.5 Å². The average molecular weight is 340 g/mol. The van der Waals surface area contributed by atoms with Crippen molar-refractivity contribution >= 4 is 12.0 Å². The number of benzene rings is 1. The Labute approximate surface area is 148 Å². The zero-order chi connectivity index (χ0) is 18.2.